The van der Waals surface area contributed by atoms with Crippen molar-refractivity contribution in [2.24, 2.45) is 13.0 Å². The highest BCUT2D eigenvalue weighted by Gasteiger charge is 2.15. The number of aromatic nitrogens is 3. The molecule has 2 aromatic rings. The molecule has 7 heteroatoms. The lowest BCUT2D eigenvalue weighted by Crippen LogP contribution is -2.34. The van der Waals surface area contributed by atoms with Crippen molar-refractivity contribution < 1.29 is 4.79 Å². The maximum absolute atomic E-state index is 12.1. The zero-order valence-corrected chi connectivity index (χ0v) is 16.7. The number of hydrogen-bond donors (Lipinski definition) is 1. The van der Waals surface area contributed by atoms with Crippen molar-refractivity contribution in [3.8, 4) is 11.4 Å². The van der Waals surface area contributed by atoms with Crippen LogP contribution in [-0.2, 0) is 11.8 Å². The molecule has 0 unspecified atom stereocenters. The van der Waals surface area contributed by atoms with Crippen molar-refractivity contribution >= 4 is 29.3 Å². The van der Waals surface area contributed by atoms with Crippen LogP contribution < -0.4 is 5.32 Å². The number of amides is 1. The Morgan fingerprint density at radius 1 is 1.24 bits per heavy atom. The van der Waals surface area contributed by atoms with E-state index in [-0.39, 0.29) is 11.9 Å². The fraction of sp³-hybridized carbons (Fsp3) is 0.500. The van der Waals surface area contributed by atoms with Gasteiger partial charge in [-0.25, -0.2) is 0 Å². The van der Waals surface area contributed by atoms with E-state index >= 15 is 0 Å². The Balaban J connectivity index is 1.92. The van der Waals surface area contributed by atoms with Gasteiger partial charge in [0.15, 0.2) is 11.0 Å². The Kier molecular flexibility index (Phi) is 7.32. The SMILES string of the molecule is CC(C)CC[C@H](C)NC(=O)CSc1nnc(-c2ccccc2Cl)n1C. The van der Waals surface area contributed by atoms with E-state index in [9.17, 15) is 4.79 Å². The second-order valence-corrected chi connectivity index (χ2v) is 7.92. The average molecular weight is 381 g/mol. The summed E-state index contributed by atoms with van der Waals surface area (Å²) in [6.07, 6.45) is 2.10. The fourth-order valence-corrected chi connectivity index (χ4v) is 3.36. The summed E-state index contributed by atoms with van der Waals surface area (Å²) >= 11 is 7.60. The van der Waals surface area contributed by atoms with Gasteiger partial charge in [-0.1, -0.05) is 49.3 Å². The molecule has 5 nitrogen and oxygen atoms in total. The summed E-state index contributed by atoms with van der Waals surface area (Å²) in [5, 5.41) is 12.8. The minimum Gasteiger partial charge on any atom is -0.353 e. The lowest BCUT2D eigenvalue weighted by molar-refractivity contribution is -0.119. The number of rotatable bonds is 8. The summed E-state index contributed by atoms with van der Waals surface area (Å²) in [6.45, 7) is 6.42. The standard InChI is InChI=1S/C18H25ClN4OS/c1-12(2)9-10-13(3)20-16(24)11-25-18-22-21-17(23(18)4)14-7-5-6-8-15(14)19/h5-8,12-13H,9-11H2,1-4H3,(H,20,24)/t13-/m0/s1. The number of nitrogens with one attached hydrogen (secondary N) is 1. The minimum atomic E-state index is 0.0172. The lowest BCUT2D eigenvalue weighted by atomic mass is 10.0. The Labute approximate surface area is 158 Å². The molecule has 1 aromatic heterocycles. The van der Waals surface area contributed by atoms with Crippen LogP contribution in [0.25, 0.3) is 11.4 Å². The van der Waals surface area contributed by atoms with Crippen LogP contribution in [-0.4, -0.2) is 32.5 Å². The molecule has 0 aliphatic heterocycles. The molecule has 1 amide bonds. The smallest absolute Gasteiger partial charge is 0.230 e. The molecule has 0 spiro atoms. The van der Waals surface area contributed by atoms with Gasteiger partial charge < -0.3 is 9.88 Å². The van der Waals surface area contributed by atoms with E-state index in [1.54, 1.807) is 0 Å². The van der Waals surface area contributed by atoms with Crippen LogP contribution in [0, 0.1) is 5.92 Å². The lowest BCUT2D eigenvalue weighted by Gasteiger charge is -2.14. The maximum Gasteiger partial charge on any atom is 0.230 e. The molecule has 0 saturated heterocycles. The first-order chi connectivity index (χ1) is 11.9. The molecule has 25 heavy (non-hydrogen) atoms. The van der Waals surface area contributed by atoms with E-state index in [1.165, 1.54) is 11.8 Å². The molecule has 0 bridgehead atoms. The van der Waals surface area contributed by atoms with E-state index in [1.807, 2.05) is 42.8 Å². The highest BCUT2D eigenvalue weighted by Crippen LogP contribution is 2.28. The van der Waals surface area contributed by atoms with Gasteiger partial charge in [0, 0.05) is 18.7 Å². The third-order valence-corrected chi connectivity index (χ3v) is 5.22. The predicted octanol–water partition coefficient (Wildman–Crippen LogP) is 4.17. The van der Waals surface area contributed by atoms with E-state index in [2.05, 4.69) is 29.4 Å². The van der Waals surface area contributed by atoms with Crippen molar-refractivity contribution in [2.75, 3.05) is 5.75 Å². The quantitative estimate of drug-likeness (QED) is 0.698. The van der Waals surface area contributed by atoms with Gasteiger partial charge in [0.1, 0.15) is 0 Å². The number of carbonyl (C=O) groups excluding carboxylic acids is 1. The van der Waals surface area contributed by atoms with E-state index in [0.29, 0.717) is 27.7 Å². The Hall–Kier alpha value is -1.53. The van der Waals surface area contributed by atoms with E-state index < -0.39 is 0 Å². The molecule has 2 rings (SSSR count). The fourth-order valence-electron chi connectivity index (χ4n) is 2.42. The van der Waals surface area contributed by atoms with Crippen molar-refractivity contribution in [1.29, 1.82) is 0 Å². The van der Waals surface area contributed by atoms with Gasteiger partial charge in [-0.05, 0) is 37.8 Å². The van der Waals surface area contributed by atoms with Crippen LogP contribution in [0.15, 0.2) is 29.4 Å². The van der Waals surface area contributed by atoms with Crippen LogP contribution >= 0.6 is 23.4 Å². The summed E-state index contributed by atoms with van der Waals surface area (Å²) in [6, 6.07) is 7.71. The van der Waals surface area contributed by atoms with Gasteiger partial charge in [0.2, 0.25) is 5.91 Å². The molecule has 1 atom stereocenters. The Bertz CT molecular complexity index is 717. The first kappa shape index (κ1) is 19.8. The molecular weight excluding hydrogens is 356 g/mol. The number of halogens is 1. The summed E-state index contributed by atoms with van der Waals surface area (Å²) in [4.78, 5) is 12.1. The van der Waals surface area contributed by atoms with Crippen LogP contribution in [0.3, 0.4) is 0 Å². The molecule has 0 saturated carbocycles. The van der Waals surface area contributed by atoms with Gasteiger partial charge in [-0.2, -0.15) is 0 Å². The minimum absolute atomic E-state index is 0.0172. The van der Waals surface area contributed by atoms with E-state index in [4.69, 9.17) is 11.6 Å². The second kappa shape index (κ2) is 9.25. The second-order valence-electron chi connectivity index (χ2n) is 6.57. The molecule has 1 heterocycles. The summed E-state index contributed by atoms with van der Waals surface area (Å²) in [7, 11) is 1.88. The Morgan fingerprint density at radius 3 is 2.64 bits per heavy atom. The highest BCUT2D eigenvalue weighted by atomic mass is 35.5. The summed E-state index contributed by atoms with van der Waals surface area (Å²) < 4.78 is 1.86. The van der Waals surface area contributed by atoms with Crippen molar-refractivity contribution in [1.82, 2.24) is 20.1 Å². The topological polar surface area (TPSA) is 59.8 Å². The third kappa shape index (κ3) is 5.75. The van der Waals surface area contributed by atoms with Gasteiger partial charge >= 0.3 is 0 Å². The van der Waals surface area contributed by atoms with Gasteiger partial charge in [0.25, 0.3) is 0 Å². The molecular formula is C18H25ClN4OS. The molecule has 136 valence electrons. The van der Waals surface area contributed by atoms with Gasteiger partial charge in [-0.3, -0.25) is 4.79 Å². The normalized spacial score (nSPS) is 12.4. The predicted molar refractivity (Wildman–Crippen MR) is 104 cm³/mol. The van der Waals surface area contributed by atoms with Crippen LogP contribution in [0.4, 0.5) is 0 Å². The largest absolute Gasteiger partial charge is 0.353 e. The first-order valence-corrected chi connectivity index (χ1v) is 9.81. The average Bonchev–Trinajstić information content (AvgIpc) is 2.92. The summed E-state index contributed by atoms with van der Waals surface area (Å²) in [5.41, 5.74) is 0.831. The van der Waals surface area contributed by atoms with Crippen molar-refractivity contribution in [3.05, 3.63) is 29.3 Å². The van der Waals surface area contributed by atoms with Crippen molar-refractivity contribution in [2.45, 2.75) is 44.8 Å². The molecule has 0 aliphatic carbocycles. The van der Waals surface area contributed by atoms with Crippen LogP contribution in [0.2, 0.25) is 5.02 Å². The molecule has 1 N–H and O–H groups in total. The maximum atomic E-state index is 12.1. The number of thioether (sulfide) groups is 1. The van der Waals surface area contributed by atoms with E-state index in [0.717, 1.165) is 18.4 Å². The van der Waals surface area contributed by atoms with Crippen LogP contribution in [0.5, 0.6) is 0 Å². The monoisotopic (exact) mass is 380 g/mol. The van der Waals surface area contributed by atoms with Crippen LogP contribution in [0.1, 0.15) is 33.6 Å². The zero-order valence-electron chi connectivity index (χ0n) is 15.1. The molecule has 0 radical (unpaired) electrons. The molecule has 1 aromatic carbocycles. The number of benzene rings is 1. The van der Waals surface area contributed by atoms with Crippen molar-refractivity contribution in [3.63, 3.8) is 0 Å². The molecule has 0 fully saturated rings. The number of nitrogens with zero attached hydrogens (tertiary/aromatic N) is 3. The highest BCUT2D eigenvalue weighted by molar-refractivity contribution is 7.99. The number of hydrogen-bond acceptors (Lipinski definition) is 4. The summed E-state index contributed by atoms with van der Waals surface area (Å²) in [5.74, 6) is 1.68. The van der Waals surface area contributed by atoms with Gasteiger partial charge in [-0.15, -0.1) is 10.2 Å². The zero-order chi connectivity index (χ0) is 18.4. The third-order valence-electron chi connectivity index (χ3n) is 3.87. The first-order valence-electron chi connectivity index (χ1n) is 8.45. The molecule has 0 aliphatic rings. The Morgan fingerprint density at radius 2 is 1.96 bits per heavy atom. The van der Waals surface area contributed by atoms with Gasteiger partial charge in [0.05, 0.1) is 10.8 Å². The number of carbonyl (C=O) groups is 1.